The molecule has 20 heavy (non-hydrogen) atoms. The van der Waals surface area contributed by atoms with Crippen LogP contribution in [0, 0.1) is 17.3 Å². The van der Waals surface area contributed by atoms with Crippen LogP contribution in [-0.4, -0.2) is 17.7 Å². The molecule has 0 saturated heterocycles. The SMILES string of the molecule is CC(C)C1CCC2(CC1)CC(NC(=O)OC(C)(C)C)C2. The molecule has 0 atom stereocenters. The van der Waals surface area contributed by atoms with E-state index in [1.54, 1.807) is 0 Å². The smallest absolute Gasteiger partial charge is 0.407 e. The molecule has 0 aromatic carbocycles. The summed E-state index contributed by atoms with van der Waals surface area (Å²) in [5.74, 6) is 1.74. The van der Waals surface area contributed by atoms with Crippen molar-refractivity contribution in [3.05, 3.63) is 0 Å². The van der Waals surface area contributed by atoms with E-state index in [4.69, 9.17) is 4.74 Å². The molecule has 0 radical (unpaired) electrons. The fraction of sp³-hybridized carbons (Fsp3) is 0.941. The maximum atomic E-state index is 11.7. The summed E-state index contributed by atoms with van der Waals surface area (Å²) in [6.07, 6.45) is 7.49. The lowest BCUT2D eigenvalue weighted by Crippen LogP contribution is -2.53. The van der Waals surface area contributed by atoms with E-state index in [0.29, 0.717) is 11.5 Å². The van der Waals surface area contributed by atoms with Crippen LogP contribution in [0.1, 0.15) is 73.1 Å². The number of carbonyl (C=O) groups excluding carboxylic acids is 1. The number of nitrogens with one attached hydrogen (secondary N) is 1. The van der Waals surface area contributed by atoms with Crippen molar-refractivity contribution in [3.63, 3.8) is 0 Å². The van der Waals surface area contributed by atoms with E-state index in [0.717, 1.165) is 24.7 Å². The zero-order valence-corrected chi connectivity index (χ0v) is 13.8. The third-order valence-corrected chi connectivity index (χ3v) is 5.11. The van der Waals surface area contributed by atoms with Gasteiger partial charge in [-0.1, -0.05) is 13.8 Å². The fourth-order valence-corrected chi connectivity index (χ4v) is 3.89. The number of alkyl carbamates (subject to hydrolysis) is 1. The summed E-state index contributed by atoms with van der Waals surface area (Å²) in [6, 6.07) is 0.334. The lowest BCUT2D eigenvalue weighted by molar-refractivity contribution is 0.00320. The maximum absolute atomic E-state index is 11.7. The van der Waals surface area contributed by atoms with E-state index < -0.39 is 5.60 Å². The van der Waals surface area contributed by atoms with E-state index in [1.165, 1.54) is 25.7 Å². The predicted molar refractivity (Wildman–Crippen MR) is 81.6 cm³/mol. The first-order valence-electron chi connectivity index (χ1n) is 8.19. The van der Waals surface area contributed by atoms with Gasteiger partial charge in [0.1, 0.15) is 5.60 Å². The second kappa shape index (κ2) is 5.57. The third-order valence-electron chi connectivity index (χ3n) is 5.11. The van der Waals surface area contributed by atoms with Crippen molar-refractivity contribution in [2.45, 2.75) is 84.8 Å². The van der Waals surface area contributed by atoms with Crippen LogP contribution in [-0.2, 0) is 4.74 Å². The Morgan fingerprint density at radius 1 is 1.20 bits per heavy atom. The summed E-state index contributed by atoms with van der Waals surface area (Å²) in [6.45, 7) is 10.4. The molecule has 0 unspecified atom stereocenters. The first kappa shape index (κ1) is 15.7. The molecule has 2 rings (SSSR count). The molecule has 2 aliphatic carbocycles. The molecule has 0 aromatic rings. The van der Waals surface area contributed by atoms with E-state index in [1.807, 2.05) is 20.8 Å². The van der Waals surface area contributed by atoms with Crippen LogP contribution < -0.4 is 5.32 Å². The van der Waals surface area contributed by atoms with Crippen LogP contribution in [0.15, 0.2) is 0 Å². The highest BCUT2D eigenvalue weighted by atomic mass is 16.6. The second-order valence-corrected chi connectivity index (χ2v) is 8.33. The fourth-order valence-electron chi connectivity index (χ4n) is 3.89. The molecule has 0 heterocycles. The van der Waals surface area contributed by atoms with Gasteiger partial charge in [-0.05, 0) is 76.5 Å². The molecule has 3 heteroatoms. The monoisotopic (exact) mass is 281 g/mol. The van der Waals surface area contributed by atoms with Gasteiger partial charge in [0.05, 0.1) is 0 Å². The summed E-state index contributed by atoms with van der Waals surface area (Å²) in [7, 11) is 0. The molecule has 0 aromatic heterocycles. The maximum Gasteiger partial charge on any atom is 0.407 e. The third kappa shape index (κ3) is 3.89. The molecule has 116 valence electrons. The Bertz CT molecular complexity index is 340. The zero-order valence-electron chi connectivity index (χ0n) is 13.8. The largest absolute Gasteiger partial charge is 0.444 e. The number of rotatable bonds is 2. The van der Waals surface area contributed by atoms with Gasteiger partial charge in [-0.2, -0.15) is 0 Å². The minimum atomic E-state index is -0.402. The van der Waals surface area contributed by atoms with Crippen molar-refractivity contribution >= 4 is 6.09 Å². The van der Waals surface area contributed by atoms with Crippen molar-refractivity contribution in [3.8, 4) is 0 Å². The Hall–Kier alpha value is -0.730. The Balaban J connectivity index is 1.71. The van der Waals surface area contributed by atoms with Crippen LogP contribution in [0.5, 0.6) is 0 Å². The highest BCUT2D eigenvalue weighted by molar-refractivity contribution is 5.68. The topological polar surface area (TPSA) is 38.3 Å². The standard InChI is InChI=1S/C17H31NO2/c1-12(2)13-6-8-17(9-7-13)10-14(11-17)18-15(19)20-16(3,4)5/h12-14H,6-11H2,1-5H3,(H,18,19). The quantitative estimate of drug-likeness (QED) is 0.809. The molecule has 2 fully saturated rings. The van der Waals surface area contributed by atoms with Gasteiger partial charge in [-0.15, -0.1) is 0 Å². The summed E-state index contributed by atoms with van der Waals surface area (Å²) >= 11 is 0. The molecule has 1 amide bonds. The summed E-state index contributed by atoms with van der Waals surface area (Å²) in [5, 5.41) is 3.02. The lowest BCUT2D eigenvalue weighted by atomic mass is 9.56. The highest BCUT2D eigenvalue weighted by Crippen LogP contribution is 2.53. The van der Waals surface area contributed by atoms with E-state index in [-0.39, 0.29) is 6.09 Å². The Morgan fingerprint density at radius 2 is 1.75 bits per heavy atom. The van der Waals surface area contributed by atoms with Crippen molar-refractivity contribution in [2.75, 3.05) is 0 Å². The van der Waals surface area contributed by atoms with Crippen LogP contribution in [0.2, 0.25) is 0 Å². The second-order valence-electron chi connectivity index (χ2n) is 8.33. The summed E-state index contributed by atoms with van der Waals surface area (Å²) < 4.78 is 5.32. The Labute approximate surface area is 123 Å². The molecule has 1 N–H and O–H groups in total. The van der Waals surface area contributed by atoms with Gasteiger partial charge in [-0.25, -0.2) is 4.79 Å². The molecule has 3 nitrogen and oxygen atoms in total. The molecule has 2 saturated carbocycles. The van der Waals surface area contributed by atoms with Gasteiger partial charge >= 0.3 is 6.09 Å². The first-order valence-corrected chi connectivity index (χ1v) is 8.19. The van der Waals surface area contributed by atoms with Gasteiger partial charge < -0.3 is 10.1 Å². The molecule has 0 bridgehead atoms. The van der Waals surface area contributed by atoms with Crippen molar-refractivity contribution in [1.29, 1.82) is 0 Å². The Kier molecular flexibility index (Phi) is 4.36. The van der Waals surface area contributed by atoms with Crippen LogP contribution in [0.4, 0.5) is 4.79 Å². The minimum Gasteiger partial charge on any atom is -0.444 e. The van der Waals surface area contributed by atoms with Crippen molar-refractivity contribution in [2.24, 2.45) is 17.3 Å². The average molecular weight is 281 g/mol. The van der Waals surface area contributed by atoms with Crippen molar-refractivity contribution in [1.82, 2.24) is 5.32 Å². The van der Waals surface area contributed by atoms with Gasteiger partial charge in [0.25, 0.3) is 0 Å². The van der Waals surface area contributed by atoms with Gasteiger partial charge in [0.2, 0.25) is 0 Å². The summed E-state index contributed by atoms with van der Waals surface area (Å²) in [4.78, 5) is 11.7. The zero-order chi connectivity index (χ0) is 15.0. The van der Waals surface area contributed by atoms with Crippen molar-refractivity contribution < 1.29 is 9.53 Å². The predicted octanol–water partition coefficient (Wildman–Crippen LogP) is 4.51. The molecule has 1 spiro atoms. The van der Waals surface area contributed by atoms with Gasteiger partial charge in [0, 0.05) is 6.04 Å². The number of amides is 1. The lowest BCUT2D eigenvalue weighted by Gasteiger charge is -2.52. The number of hydrogen-bond donors (Lipinski definition) is 1. The first-order chi connectivity index (χ1) is 9.19. The van der Waals surface area contributed by atoms with E-state index in [2.05, 4.69) is 19.2 Å². The van der Waals surface area contributed by atoms with Gasteiger partial charge in [-0.3, -0.25) is 0 Å². The van der Waals surface area contributed by atoms with Crippen LogP contribution in [0.25, 0.3) is 0 Å². The Morgan fingerprint density at radius 3 is 2.20 bits per heavy atom. The number of carbonyl (C=O) groups is 1. The number of ether oxygens (including phenoxy) is 1. The highest BCUT2D eigenvalue weighted by Gasteiger charge is 2.46. The molecular weight excluding hydrogens is 250 g/mol. The van der Waals surface area contributed by atoms with Crippen LogP contribution >= 0.6 is 0 Å². The van der Waals surface area contributed by atoms with Gasteiger partial charge in [0.15, 0.2) is 0 Å². The molecular formula is C17H31NO2. The van der Waals surface area contributed by atoms with E-state index in [9.17, 15) is 4.79 Å². The molecule has 2 aliphatic rings. The van der Waals surface area contributed by atoms with Crippen LogP contribution in [0.3, 0.4) is 0 Å². The number of hydrogen-bond acceptors (Lipinski definition) is 2. The molecule has 0 aliphatic heterocycles. The average Bonchev–Trinajstić information content (AvgIpc) is 2.24. The van der Waals surface area contributed by atoms with E-state index >= 15 is 0 Å². The summed E-state index contributed by atoms with van der Waals surface area (Å²) in [5.41, 5.74) is 0.131. The normalized spacial score (nSPS) is 33.9. The minimum absolute atomic E-state index is 0.256.